The average molecular weight is 314 g/mol. The first kappa shape index (κ1) is 16.5. The molecule has 23 heavy (non-hydrogen) atoms. The van der Waals surface area contributed by atoms with E-state index in [9.17, 15) is 4.79 Å². The third-order valence-electron chi connectivity index (χ3n) is 5.36. The van der Waals surface area contributed by atoms with Crippen molar-refractivity contribution in [2.24, 2.45) is 23.7 Å². The zero-order valence-corrected chi connectivity index (χ0v) is 14.7. The first-order valence-corrected chi connectivity index (χ1v) is 9.09. The van der Waals surface area contributed by atoms with Crippen molar-refractivity contribution < 1.29 is 4.79 Å². The summed E-state index contributed by atoms with van der Waals surface area (Å²) >= 11 is 0. The molecule has 0 spiro atoms. The van der Waals surface area contributed by atoms with Crippen LogP contribution in [0.3, 0.4) is 0 Å². The lowest BCUT2D eigenvalue weighted by Crippen LogP contribution is -2.38. The van der Waals surface area contributed by atoms with Gasteiger partial charge < -0.3 is 5.32 Å². The first-order valence-electron chi connectivity index (χ1n) is 9.09. The highest BCUT2D eigenvalue weighted by Crippen LogP contribution is 2.37. The van der Waals surface area contributed by atoms with Crippen molar-refractivity contribution in [1.29, 1.82) is 0 Å². The Balaban J connectivity index is 1.60. The number of nitrogens with one attached hydrogen (secondary N) is 1. The Labute approximate surface area is 140 Å². The van der Waals surface area contributed by atoms with Gasteiger partial charge in [0.25, 0.3) is 0 Å². The highest BCUT2D eigenvalue weighted by Gasteiger charge is 2.38. The largest absolute Gasteiger partial charge is 0.352 e. The van der Waals surface area contributed by atoms with Crippen LogP contribution in [0.2, 0.25) is 0 Å². The van der Waals surface area contributed by atoms with Crippen molar-refractivity contribution in [2.75, 3.05) is 13.1 Å². The van der Waals surface area contributed by atoms with Gasteiger partial charge in [0, 0.05) is 32.1 Å². The van der Waals surface area contributed by atoms with E-state index in [-0.39, 0.29) is 11.8 Å². The molecule has 0 radical (unpaired) electrons. The standard InChI is InChI=1S/C20H30N2O/c1-14-8-15(2)12-22(11-14)13-18-7-5-4-6-17(18)10-21-20(23)19-9-16(19)3/h4-7,14-16,19H,8-13H2,1-3H3,(H,21,23)/t14-,15+,16-,19+/m1/s1. The lowest BCUT2D eigenvalue weighted by atomic mass is 9.91. The van der Waals surface area contributed by atoms with Crippen molar-refractivity contribution in [1.82, 2.24) is 10.2 Å². The van der Waals surface area contributed by atoms with Gasteiger partial charge in [0.15, 0.2) is 0 Å². The molecule has 1 heterocycles. The lowest BCUT2D eigenvalue weighted by molar-refractivity contribution is -0.122. The molecule has 1 aromatic rings. The number of piperidine rings is 1. The van der Waals surface area contributed by atoms with Gasteiger partial charge in [-0.1, -0.05) is 45.0 Å². The molecule has 2 aliphatic rings. The Hall–Kier alpha value is -1.35. The molecule has 1 aliphatic heterocycles. The maximum Gasteiger partial charge on any atom is 0.223 e. The second-order valence-corrected chi connectivity index (χ2v) is 7.95. The Morgan fingerprint density at radius 1 is 1.09 bits per heavy atom. The number of carbonyl (C=O) groups is 1. The molecule has 1 saturated carbocycles. The van der Waals surface area contributed by atoms with Crippen LogP contribution >= 0.6 is 0 Å². The van der Waals surface area contributed by atoms with Crippen LogP contribution in [0.1, 0.15) is 44.7 Å². The highest BCUT2D eigenvalue weighted by molar-refractivity contribution is 5.81. The zero-order valence-electron chi connectivity index (χ0n) is 14.7. The maximum absolute atomic E-state index is 12.1. The summed E-state index contributed by atoms with van der Waals surface area (Å²) in [6.45, 7) is 10.9. The van der Waals surface area contributed by atoms with Gasteiger partial charge in [0.1, 0.15) is 0 Å². The predicted octanol–water partition coefficient (Wildman–Crippen LogP) is 3.44. The van der Waals surface area contributed by atoms with E-state index in [1.807, 2.05) is 0 Å². The predicted molar refractivity (Wildman–Crippen MR) is 93.8 cm³/mol. The molecular formula is C20H30N2O. The minimum absolute atomic E-state index is 0.229. The second-order valence-electron chi connectivity index (χ2n) is 7.95. The van der Waals surface area contributed by atoms with E-state index in [2.05, 4.69) is 55.3 Å². The van der Waals surface area contributed by atoms with Crippen molar-refractivity contribution >= 4 is 5.91 Å². The smallest absolute Gasteiger partial charge is 0.223 e. The third kappa shape index (κ3) is 4.35. The Bertz CT molecular complexity index is 546. The van der Waals surface area contributed by atoms with Crippen LogP contribution in [0.5, 0.6) is 0 Å². The molecule has 3 heteroatoms. The first-order chi connectivity index (χ1) is 11.0. The Morgan fingerprint density at radius 3 is 2.30 bits per heavy atom. The van der Waals surface area contributed by atoms with Gasteiger partial charge in [0.05, 0.1) is 0 Å². The summed E-state index contributed by atoms with van der Waals surface area (Å²) in [5, 5.41) is 3.13. The van der Waals surface area contributed by atoms with Crippen LogP contribution in [-0.4, -0.2) is 23.9 Å². The van der Waals surface area contributed by atoms with E-state index >= 15 is 0 Å². The second kappa shape index (κ2) is 7.04. The fourth-order valence-corrected chi connectivity index (χ4v) is 4.05. The summed E-state index contributed by atoms with van der Waals surface area (Å²) in [5.41, 5.74) is 2.62. The highest BCUT2D eigenvalue weighted by atomic mass is 16.2. The van der Waals surface area contributed by atoms with Gasteiger partial charge in [-0.3, -0.25) is 9.69 Å². The molecule has 1 aromatic carbocycles. The van der Waals surface area contributed by atoms with Gasteiger partial charge >= 0.3 is 0 Å². The van der Waals surface area contributed by atoms with Crippen LogP contribution < -0.4 is 5.32 Å². The average Bonchev–Trinajstić information content (AvgIpc) is 3.22. The minimum atomic E-state index is 0.229. The fraction of sp³-hybridized carbons (Fsp3) is 0.650. The summed E-state index contributed by atoms with van der Waals surface area (Å²) in [6.07, 6.45) is 2.39. The molecule has 2 fully saturated rings. The number of hydrogen-bond acceptors (Lipinski definition) is 2. The fourth-order valence-electron chi connectivity index (χ4n) is 4.05. The topological polar surface area (TPSA) is 32.3 Å². The van der Waals surface area contributed by atoms with Crippen LogP contribution in [0.4, 0.5) is 0 Å². The van der Waals surface area contributed by atoms with E-state index in [1.165, 1.54) is 30.6 Å². The number of amides is 1. The maximum atomic E-state index is 12.1. The molecule has 0 bridgehead atoms. The molecule has 4 atom stereocenters. The van der Waals surface area contributed by atoms with Gasteiger partial charge in [-0.05, 0) is 41.7 Å². The van der Waals surface area contributed by atoms with Gasteiger partial charge in [-0.2, -0.15) is 0 Å². The summed E-state index contributed by atoms with van der Waals surface area (Å²) in [6, 6.07) is 8.56. The Morgan fingerprint density at radius 2 is 1.70 bits per heavy atom. The molecule has 3 nitrogen and oxygen atoms in total. The van der Waals surface area contributed by atoms with Crippen molar-refractivity contribution in [2.45, 2.75) is 46.7 Å². The van der Waals surface area contributed by atoms with E-state index in [1.54, 1.807) is 0 Å². The van der Waals surface area contributed by atoms with Crippen molar-refractivity contribution in [3.8, 4) is 0 Å². The number of nitrogens with zero attached hydrogens (tertiary/aromatic N) is 1. The molecule has 0 aromatic heterocycles. The molecule has 1 aliphatic carbocycles. The molecule has 1 amide bonds. The molecule has 1 saturated heterocycles. The van der Waals surface area contributed by atoms with Crippen LogP contribution in [0.15, 0.2) is 24.3 Å². The van der Waals surface area contributed by atoms with Gasteiger partial charge in [-0.25, -0.2) is 0 Å². The van der Waals surface area contributed by atoms with Crippen LogP contribution in [0, 0.1) is 23.7 Å². The summed E-state index contributed by atoms with van der Waals surface area (Å²) in [4.78, 5) is 14.6. The van der Waals surface area contributed by atoms with Gasteiger partial charge in [-0.15, -0.1) is 0 Å². The van der Waals surface area contributed by atoms with Crippen molar-refractivity contribution in [3.63, 3.8) is 0 Å². The van der Waals surface area contributed by atoms with E-state index in [4.69, 9.17) is 0 Å². The van der Waals surface area contributed by atoms with E-state index in [0.29, 0.717) is 12.5 Å². The molecule has 3 rings (SSSR count). The lowest BCUT2D eigenvalue weighted by Gasteiger charge is -2.35. The monoisotopic (exact) mass is 314 g/mol. The minimum Gasteiger partial charge on any atom is -0.352 e. The summed E-state index contributed by atoms with van der Waals surface area (Å²) in [7, 11) is 0. The van der Waals surface area contributed by atoms with Crippen LogP contribution in [-0.2, 0) is 17.9 Å². The summed E-state index contributed by atoms with van der Waals surface area (Å²) in [5.74, 6) is 2.61. The van der Waals surface area contributed by atoms with E-state index < -0.39 is 0 Å². The third-order valence-corrected chi connectivity index (χ3v) is 5.36. The molecular weight excluding hydrogens is 284 g/mol. The van der Waals surface area contributed by atoms with Gasteiger partial charge in [0.2, 0.25) is 5.91 Å². The zero-order chi connectivity index (χ0) is 16.4. The number of hydrogen-bond donors (Lipinski definition) is 1. The normalized spacial score (nSPS) is 30.9. The molecule has 126 valence electrons. The quantitative estimate of drug-likeness (QED) is 0.903. The summed E-state index contributed by atoms with van der Waals surface area (Å²) < 4.78 is 0. The molecule has 1 N–H and O–H groups in total. The van der Waals surface area contributed by atoms with E-state index in [0.717, 1.165) is 24.8 Å². The van der Waals surface area contributed by atoms with Crippen molar-refractivity contribution in [3.05, 3.63) is 35.4 Å². The number of likely N-dealkylation sites (tertiary alicyclic amines) is 1. The SMILES string of the molecule is C[C@@H]1C[C@H](C)CN(Cc2ccccc2CNC(=O)[C@H]2C[C@H]2C)C1. The number of carbonyl (C=O) groups excluding carboxylic acids is 1. The molecule has 0 unspecified atom stereocenters. The Kier molecular flexibility index (Phi) is 5.05. The van der Waals surface area contributed by atoms with Crippen LogP contribution in [0.25, 0.3) is 0 Å². The number of benzene rings is 1. The number of rotatable bonds is 5.